The summed E-state index contributed by atoms with van der Waals surface area (Å²) >= 11 is 0. The Labute approximate surface area is 110 Å². The molecule has 0 atom stereocenters. The van der Waals surface area contributed by atoms with Crippen molar-refractivity contribution in [2.24, 2.45) is 12.0 Å². The first kappa shape index (κ1) is 11.6. The van der Waals surface area contributed by atoms with Crippen LogP contribution in [0.5, 0.6) is 0 Å². The van der Waals surface area contributed by atoms with Crippen molar-refractivity contribution in [1.82, 2.24) is 14.6 Å². The standard InChI is InChI=1S/C14H15N5/c1-10-9-11(2)19-14(15-10)18(3)13(17-19)16-12-7-5-4-6-8-12/h4-9H,1-3H3. The van der Waals surface area contributed by atoms with Gasteiger partial charge >= 0.3 is 0 Å². The minimum atomic E-state index is 0.646. The molecule has 0 radical (unpaired) electrons. The Hall–Kier alpha value is -2.43. The van der Waals surface area contributed by atoms with E-state index < -0.39 is 0 Å². The molecule has 0 bridgehead atoms. The van der Waals surface area contributed by atoms with Crippen LogP contribution in [0.3, 0.4) is 0 Å². The van der Waals surface area contributed by atoms with Crippen LogP contribution in [0.25, 0.3) is 5.78 Å². The van der Waals surface area contributed by atoms with Crippen LogP contribution in [-0.4, -0.2) is 9.55 Å². The molecule has 0 fully saturated rings. The molecule has 0 spiro atoms. The molecule has 0 N–H and O–H groups in total. The Morgan fingerprint density at radius 1 is 1.21 bits per heavy atom. The minimum absolute atomic E-state index is 0.646. The molecule has 1 aromatic carbocycles. The van der Waals surface area contributed by atoms with E-state index in [9.17, 15) is 0 Å². The van der Waals surface area contributed by atoms with Crippen molar-refractivity contribution in [3.05, 3.63) is 53.4 Å². The first-order chi connectivity index (χ1) is 9.15. The molecule has 0 unspecified atom stereocenters. The average molecular weight is 253 g/mol. The van der Waals surface area contributed by atoms with Gasteiger partial charge in [0.15, 0.2) is 0 Å². The third-order valence-electron chi connectivity index (χ3n) is 2.99. The Morgan fingerprint density at radius 3 is 2.68 bits per heavy atom. The molecule has 2 heterocycles. The van der Waals surface area contributed by atoms with E-state index >= 15 is 0 Å². The number of hydrogen-bond donors (Lipinski definition) is 0. The van der Waals surface area contributed by atoms with Gasteiger partial charge in [0, 0.05) is 6.07 Å². The van der Waals surface area contributed by atoms with Crippen LogP contribution < -0.4 is 15.2 Å². The molecule has 3 rings (SSSR count). The summed E-state index contributed by atoms with van der Waals surface area (Å²) in [5.74, 6) is 0.798. The summed E-state index contributed by atoms with van der Waals surface area (Å²) in [5.41, 5.74) is 3.56. The quantitative estimate of drug-likeness (QED) is 0.607. The summed E-state index contributed by atoms with van der Waals surface area (Å²) in [6.45, 7) is 4.00. The number of aromatic nitrogens is 4. The summed E-state index contributed by atoms with van der Waals surface area (Å²) < 4.78 is 3.71. The maximum atomic E-state index is 4.54. The number of aryl methyl sites for hydroxylation is 3. The number of nitrogens with zero attached hydrogens (tertiary/aromatic N) is 5. The number of hydrogen-bond acceptors (Lipinski definition) is 2. The number of para-hydroxylation sites is 1. The van der Waals surface area contributed by atoms with Crippen LogP contribution in [0.4, 0.5) is 5.69 Å². The maximum Gasteiger partial charge on any atom is 0.297 e. The van der Waals surface area contributed by atoms with Gasteiger partial charge in [-0.3, -0.25) is 0 Å². The van der Waals surface area contributed by atoms with Crippen molar-refractivity contribution in [2.45, 2.75) is 13.8 Å². The molecule has 0 aliphatic heterocycles. The fourth-order valence-electron chi connectivity index (χ4n) is 2.06. The summed E-state index contributed by atoms with van der Waals surface area (Å²) in [4.78, 5) is 9.04. The molecule has 0 amide bonds. The molecular formula is C14H15N5. The molecule has 3 aromatic rings. The Bertz CT molecular complexity index is 796. The summed E-state index contributed by atoms with van der Waals surface area (Å²) in [5, 5.41) is 4.50. The van der Waals surface area contributed by atoms with E-state index in [1.807, 2.05) is 66.4 Å². The third-order valence-corrected chi connectivity index (χ3v) is 2.99. The molecule has 0 aliphatic rings. The van der Waals surface area contributed by atoms with E-state index in [-0.39, 0.29) is 0 Å². The van der Waals surface area contributed by atoms with Gasteiger partial charge in [0.1, 0.15) is 5.69 Å². The lowest BCUT2D eigenvalue weighted by molar-refractivity contribution is -0.594. The number of fused-ring (bicyclic) bond motifs is 1. The Morgan fingerprint density at radius 2 is 1.95 bits per heavy atom. The molecule has 0 aliphatic carbocycles. The average Bonchev–Trinajstić information content (AvgIpc) is 2.69. The molecule has 19 heavy (non-hydrogen) atoms. The predicted octanol–water partition coefficient (Wildman–Crippen LogP) is 0.965. The molecule has 0 saturated carbocycles. The van der Waals surface area contributed by atoms with Gasteiger partial charge in [0.05, 0.1) is 11.3 Å². The van der Waals surface area contributed by atoms with Gasteiger partial charge in [-0.15, -0.1) is 4.98 Å². The van der Waals surface area contributed by atoms with Crippen molar-refractivity contribution in [3.63, 3.8) is 0 Å². The van der Waals surface area contributed by atoms with Gasteiger partial charge < -0.3 is 9.56 Å². The lowest BCUT2D eigenvalue weighted by Crippen LogP contribution is -2.33. The highest BCUT2D eigenvalue weighted by atomic mass is 15.4. The first-order valence-electron chi connectivity index (χ1n) is 6.15. The summed E-state index contributed by atoms with van der Waals surface area (Å²) in [7, 11) is 1.93. The first-order valence-corrected chi connectivity index (χ1v) is 6.15. The van der Waals surface area contributed by atoms with Crippen LogP contribution in [0.1, 0.15) is 11.4 Å². The zero-order valence-electron chi connectivity index (χ0n) is 11.2. The van der Waals surface area contributed by atoms with E-state index in [1.54, 1.807) is 0 Å². The van der Waals surface area contributed by atoms with Crippen molar-refractivity contribution in [2.75, 3.05) is 0 Å². The molecule has 96 valence electrons. The molecule has 2 aromatic heterocycles. The van der Waals surface area contributed by atoms with E-state index in [0.717, 1.165) is 22.9 Å². The highest BCUT2D eigenvalue weighted by Gasteiger charge is 2.06. The van der Waals surface area contributed by atoms with Crippen LogP contribution >= 0.6 is 0 Å². The zero-order valence-corrected chi connectivity index (χ0v) is 11.2. The molecule has 5 heteroatoms. The second kappa shape index (κ2) is 4.35. The van der Waals surface area contributed by atoms with Crippen LogP contribution in [0.15, 0.2) is 41.4 Å². The SMILES string of the molecule is Cc1cc(C)[n+]2[n-]c(=Nc3ccccc3)n(C)c2n1. The molecule has 5 nitrogen and oxygen atoms in total. The van der Waals surface area contributed by atoms with Crippen molar-refractivity contribution in [3.8, 4) is 0 Å². The predicted molar refractivity (Wildman–Crippen MR) is 70.8 cm³/mol. The van der Waals surface area contributed by atoms with Gasteiger partial charge in [-0.2, -0.15) is 4.52 Å². The topological polar surface area (TPSA) is 48.4 Å². The fraction of sp³-hybridized carbons (Fsp3) is 0.214. The van der Waals surface area contributed by atoms with E-state index in [1.165, 1.54) is 0 Å². The highest BCUT2D eigenvalue weighted by Crippen LogP contribution is 2.07. The van der Waals surface area contributed by atoms with E-state index in [4.69, 9.17) is 0 Å². The minimum Gasteiger partial charge on any atom is -0.357 e. The van der Waals surface area contributed by atoms with Crippen molar-refractivity contribution in [1.29, 1.82) is 0 Å². The van der Waals surface area contributed by atoms with E-state index in [0.29, 0.717) is 5.62 Å². The normalized spacial score (nSPS) is 12.3. The fourth-order valence-corrected chi connectivity index (χ4v) is 2.06. The Kier molecular flexibility index (Phi) is 2.67. The van der Waals surface area contributed by atoms with Gasteiger partial charge in [0.25, 0.3) is 5.78 Å². The lowest BCUT2D eigenvalue weighted by atomic mass is 10.3. The summed E-state index contributed by atoms with van der Waals surface area (Å²) in [6.07, 6.45) is 0. The second-order valence-electron chi connectivity index (χ2n) is 4.56. The zero-order chi connectivity index (χ0) is 13.4. The van der Waals surface area contributed by atoms with Crippen molar-refractivity contribution >= 4 is 11.5 Å². The maximum absolute atomic E-state index is 4.54. The van der Waals surface area contributed by atoms with Gasteiger partial charge in [-0.05, 0) is 26.6 Å². The Balaban J connectivity index is 2.29. The van der Waals surface area contributed by atoms with Crippen LogP contribution in [0, 0.1) is 13.8 Å². The second-order valence-corrected chi connectivity index (χ2v) is 4.56. The molecule has 0 saturated heterocycles. The smallest absolute Gasteiger partial charge is 0.297 e. The largest absolute Gasteiger partial charge is 0.357 e. The van der Waals surface area contributed by atoms with Gasteiger partial charge in [-0.1, -0.05) is 30.3 Å². The van der Waals surface area contributed by atoms with Crippen LogP contribution in [-0.2, 0) is 7.05 Å². The highest BCUT2D eigenvalue weighted by molar-refractivity contribution is 5.35. The third kappa shape index (κ3) is 2.03. The van der Waals surface area contributed by atoms with Crippen LogP contribution in [0.2, 0.25) is 0 Å². The van der Waals surface area contributed by atoms with E-state index in [2.05, 4.69) is 15.1 Å². The monoisotopic (exact) mass is 253 g/mol. The number of benzene rings is 1. The van der Waals surface area contributed by atoms with Crippen molar-refractivity contribution < 1.29 is 4.52 Å². The van der Waals surface area contributed by atoms with Gasteiger partial charge in [0.2, 0.25) is 0 Å². The summed E-state index contributed by atoms with van der Waals surface area (Å²) in [6, 6.07) is 11.8. The van der Waals surface area contributed by atoms with Gasteiger partial charge in [-0.25, -0.2) is 5.10 Å². The lowest BCUT2D eigenvalue weighted by Gasteiger charge is -1.99. The molecular weight excluding hydrogens is 238 g/mol. The number of rotatable bonds is 1.